The maximum atomic E-state index is 13.6. The number of amides is 1. The van der Waals surface area contributed by atoms with E-state index >= 15 is 0 Å². The molecule has 0 aliphatic heterocycles. The lowest BCUT2D eigenvalue weighted by molar-refractivity contribution is -0.232. The topological polar surface area (TPSA) is 110 Å². The molecule has 0 spiro atoms. The van der Waals surface area contributed by atoms with Crippen molar-refractivity contribution in [2.24, 2.45) is 50.7 Å². The van der Waals surface area contributed by atoms with Gasteiger partial charge in [0.2, 0.25) is 5.91 Å². The van der Waals surface area contributed by atoms with Crippen molar-refractivity contribution in [3.8, 4) is 0 Å². The summed E-state index contributed by atoms with van der Waals surface area (Å²) in [6.07, 6.45) is 7.89. The Kier molecular flexibility index (Phi) is 7.86. The zero-order valence-electron chi connectivity index (χ0n) is 28.9. The number of hydrogen-bond acceptors (Lipinski definition) is 5. The summed E-state index contributed by atoms with van der Waals surface area (Å²) in [5.41, 5.74) is 0.499. The van der Waals surface area contributed by atoms with Gasteiger partial charge in [0, 0.05) is 18.8 Å². The lowest BCUT2D eigenvalue weighted by Crippen LogP contribution is -2.67. The lowest BCUT2D eigenvalue weighted by Gasteiger charge is -2.72. The first-order chi connectivity index (χ1) is 20.2. The molecule has 1 amide bonds. The average Bonchev–Trinajstić information content (AvgIpc) is 3.17. The van der Waals surface area contributed by atoms with E-state index in [2.05, 4.69) is 53.8 Å². The molecule has 0 bridgehead atoms. The van der Waals surface area contributed by atoms with E-state index in [1.165, 1.54) is 5.57 Å². The molecule has 0 aromatic carbocycles. The summed E-state index contributed by atoms with van der Waals surface area (Å²) in [5.74, 6) is 0.0534. The number of esters is 1. The standard InChI is InChI=1S/C37H57NO6/c1-21(2)29-24(40)19-37(38-22(3)39)18-17-35(9)23(30(29)37)11-12-26-34(8)15-14-27(44-28(41)20-32(4,5)31(42)43)33(6,7)25(34)13-16-36(26,35)10/h21,23,25-27H,11-20H2,1-10H3,(H,38,39)(H,42,43)/t23-,25?,26?,27+,34+,35-,36-,37-/m1/s1. The molecule has 2 N–H and O–H groups in total. The fourth-order valence-electron chi connectivity index (χ4n) is 11.9. The Morgan fingerprint density at radius 3 is 2.18 bits per heavy atom. The summed E-state index contributed by atoms with van der Waals surface area (Å²) < 4.78 is 6.11. The highest BCUT2D eigenvalue weighted by molar-refractivity contribution is 6.02. The highest BCUT2D eigenvalue weighted by Crippen LogP contribution is 2.75. The van der Waals surface area contributed by atoms with Crippen LogP contribution in [0, 0.1) is 50.7 Å². The molecule has 5 rings (SSSR count). The maximum absolute atomic E-state index is 13.6. The molecular formula is C37H57NO6. The number of ether oxygens (including phenoxy) is 1. The van der Waals surface area contributed by atoms with Crippen LogP contribution in [0.1, 0.15) is 133 Å². The van der Waals surface area contributed by atoms with Gasteiger partial charge in [-0.25, -0.2) is 0 Å². The number of Topliss-reactive ketones (excluding diaryl/α,β-unsaturated/α-hetero) is 1. The number of nitrogens with one attached hydrogen (secondary N) is 1. The smallest absolute Gasteiger partial charge is 0.309 e. The van der Waals surface area contributed by atoms with Gasteiger partial charge in [0.25, 0.3) is 0 Å². The van der Waals surface area contributed by atoms with E-state index in [1.807, 2.05) is 0 Å². The normalized spacial score (nSPS) is 41.3. The maximum Gasteiger partial charge on any atom is 0.309 e. The summed E-state index contributed by atoms with van der Waals surface area (Å²) in [5, 5.41) is 12.9. The van der Waals surface area contributed by atoms with E-state index in [-0.39, 0.29) is 57.7 Å². The molecule has 0 aromatic heterocycles. The molecule has 0 aromatic rings. The van der Waals surface area contributed by atoms with Gasteiger partial charge < -0.3 is 15.2 Å². The van der Waals surface area contributed by atoms with Gasteiger partial charge in [-0.05, 0) is 116 Å². The van der Waals surface area contributed by atoms with Crippen molar-refractivity contribution in [3.05, 3.63) is 11.1 Å². The Labute approximate surface area is 264 Å². The fourth-order valence-corrected chi connectivity index (χ4v) is 11.9. The quantitative estimate of drug-likeness (QED) is 0.306. The first-order valence-electron chi connectivity index (χ1n) is 17.2. The number of hydrogen-bond donors (Lipinski definition) is 2. The van der Waals surface area contributed by atoms with Gasteiger partial charge in [-0.2, -0.15) is 0 Å². The summed E-state index contributed by atoms with van der Waals surface area (Å²) in [7, 11) is 0. The zero-order valence-corrected chi connectivity index (χ0v) is 28.9. The van der Waals surface area contributed by atoms with Crippen LogP contribution >= 0.6 is 0 Å². The number of fused-ring (bicyclic) bond motifs is 7. The summed E-state index contributed by atoms with van der Waals surface area (Å²) in [6, 6.07) is 0. The molecule has 44 heavy (non-hydrogen) atoms. The third kappa shape index (κ3) is 4.63. The SMILES string of the molecule is CC(=O)N[C@@]12CC[C@]3(C)[C@H](CCC4[C@@]5(C)CC[C@H](OC(=O)CC(C)(C)C(=O)O)C(C)(C)C5CC[C@]43C)C1=C(C(C)C)C(=O)C2. The predicted octanol–water partition coefficient (Wildman–Crippen LogP) is 7.27. The van der Waals surface area contributed by atoms with Gasteiger partial charge >= 0.3 is 11.9 Å². The second-order valence-electron chi connectivity index (χ2n) is 17.7. The zero-order chi connectivity index (χ0) is 32.8. The summed E-state index contributed by atoms with van der Waals surface area (Å²) in [4.78, 5) is 50.7. The van der Waals surface area contributed by atoms with Crippen LogP contribution < -0.4 is 5.32 Å². The minimum Gasteiger partial charge on any atom is -0.481 e. The van der Waals surface area contributed by atoms with Crippen molar-refractivity contribution in [2.45, 2.75) is 145 Å². The molecule has 2 unspecified atom stereocenters. The minimum absolute atomic E-state index is 0.0157. The number of ketones is 1. The Morgan fingerprint density at radius 1 is 0.932 bits per heavy atom. The molecular weight excluding hydrogens is 554 g/mol. The number of rotatable bonds is 6. The minimum atomic E-state index is -1.16. The molecule has 7 nitrogen and oxygen atoms in total. The van der Waals surface area contributed by atoms with Gasteiger partial charge in [0.1, 0.15) is 6.10 Å². The molecule has 8 atom stereocenters. The van der Waals surface area contributed by atoms with Crippen molar-refractivity contribution >= 4 is 23.6 Å². The van der Waals surface area contributed by atoms with Gasteiger partial charge in [0.05, 0.1) is 17.4 Å². The van der Waals surface area contributed by atoms with Crippen molar-refractivity contribution in [2.75, 3.05) is 0 Å². The molecule has 246 valence electrons. The highest BCUT2D eigenvalue weighted by atomic mass is 16.5. The Bertz CT molecular complexity index is 1290. The summed E-state index contributed by atoms with van der Waals surface area (Å²) in [6.45, 7) is 21.1. The Hall–Kier alpha value is -2.18. The fraction of sp³-hybridized carbons (Fsp3) is 0.838. The lowest BCUT2D eigenvalue weighted by atomic mass is 9.33. The monoisotopic (exact) mass is 611 g/mol. The Morgan fingerprint density at radius 2 is 1.59 bits per heavy atom. The van der Waals surface area contributed by atoms with Crippen LogP contribution in [-0.2, 0) is 23.9 Å². The largest absolute Gasteiger partial charge is 0.481 e. The third-order valence-corrected chi connectivity index (χ3v) is 14.2. The molecule has 0 heterocycles. The van der Waals surface area contributed by atoms with E-state index < -0.39 is 22.9 Å². The second-order valence-corrected chi connectivity index (χ2v) is 17.7. The molecule has 5 aliphatic rings. The first kappa shape index (κ1) is 33.2. The van der Waals surface area contributed by atoms with Crippen LogP contribution in [0.25, 0.3) is 0 Å². The molecule has 4 fully saturated rings. The van der Waals surface area contributed by atoms with Gasteiger partial charge in [-0.15, -0.1) is 0 Å². The van der Waals surface area contributed by atoms with Crippen molar-refractivity contribution in [3.63, 3.8) is 0 Å². The third-order valence-electron chi connectivity index (χ3n) is 14.2. The molecule has 4 saturated carbocycles. The molecule has 0 radical (unpaired) electrons. The number of aliphatic carboxylic acids is 1. The van der Waals surface area contributed by atoms with Crippen LogP contribution in [0.3, 0.4) is 0 Å². The summed E-state index contributed by atoms with van der Waals surface area (Å²) >= 11 is 0. The van der Waals surface area contributed by atoms with Crippen LogP contribution in [0.15, 0.2) is 11.1 Å². The highest BCUT2D eigenvalue weighted by Gasteiger charge is 2.70. The van der Waals surface area contributed by atoms with E-state index in [0.29, 0.717) is 18.3 Å². The number of carboxylic acid groups (broad SMARTS) is 1. The molecule has 0 saturated heterocycles. The van der Waals surface area contributed by atoms with Gasteiger partial charge in [0.15, 0.2) is 5.78 Å². The second kappa shape index (κ2) is 10.4. The van der Waals surface area contributed by atoms with E-state index in [4.69, 9.17) is 4.74 Å². The number of carbonyl (C=O) groups is 4. The first-order valence-corrected chi connectivity index (χ1v) is 17.2. The predicted molar refractivity (Wildman–Crippen MR) is 169 cm³/mol. The molecule has 7 heteroatoms. The van der Waals surface area contributed by atoms with Crippen molar-refractivity contribution in [1.29, 1.82) is 0 Å². The number of carbonyl (C=O) groups excluding carboxylic acids is 3. The molecule has 5 aliphatic carbocycles. The number of allylic oxidation sites excluding steroid dienone is 1. The van der Waals surface area contributed by atoms with E-state index in [9.17, 15) is 24.3 Å². The van der Waals surface area contributed by atoms with Crippen molar-refractivity contribution < 1.29 is 29.0 Å². The van der Waals surface area contributed by atoms with Crippen LogP contribution in [0.4, 0.5) is 0 Å². The number of carboxylic acids is 1. The van der Waals surface area contributed by atoms with E-state index in [1.54, 1.807) is 20.8 Å². The van der Waals surface area contributed by atoms with Crippen LogP contribution in [0.2, 0.25) is 0 Å². The van der Waals surface area contributed by atoms with Crippen LogP contribution in [-0.4, -0.2) is 40.4 Å². The van der Waals surface area contributed by atoms with Gasteiger partial charge in [-0.3, -0.25) is 19.2 Å². The van der Waals surface area contributed by atoms with E-state index in [0.717, 1.165) is 56.9 Å². The van der Waals surface area contributed by atoms with Gasteiger partial charge in [-0.1, -0.05) is 48.5 Å². The Balaban J connectivity index is 1.46. The average molecular weight is 612 g/mol. The van der Waals surface area contributed by atoms with Crippen LogP contribution in [0.5, 0.6) is 0 Å². The van der Waals surface area contributed by atoms with Crippen molar-refractivity contribution in [1.82, 2.24) is 5.32 Å².